The van der Waals surface area contributed by atoms with Gasteiger partial charge in [0.25, 0.3) is 0 Å². The molecule has 3 aromatic rings. The van der Waals surface area contributed by atoms with Gasteiger partial charge < -0.3 is 10.2 Å². The van der Waals surface area contributed by atoms with E-state index in [4.69, 9.17) is 0 Å². The van der Waals surface area contributed by atoms with Crippen LogP contribution in [0.4, 0.5) is 15.8 Å². The maximum atomic E-state index is 14.0. The van der Waals surface area contributed by atoms with E-state index in [1.807, 2.05) is 60.7 Å². The van der Waals surface area contributed by atoms with Crippen LogP contribution in [0.15, 0.2) is 78.9 Å². The molecule has 1 amide bonds. The minimum absolute atomic E-state index is 0.163. The number of anilines is 2. The van der Waals surface area contributed by atoms with Gasteiger partial charge in [0, 0.05) is 13.1 Å². The van der Waals surface area contributed by atoms with Crippen LogP contribution in [0.5, 0.6) is 0 Å². The Bertz CT molecular complexity index is 898. The summed E-state index contributed by atoms with van der Waals surface area (Å²) in [4.78, 5) is 15.5. The number of hydrogen-bond donors (Lipinski definition) is 1. The first-order valence-electron chi connectivity index (χ1n) is 9.67. The van der Waals surface area contributed by atoms with Crippen LogP contribution in [0.3, 0.4) is 0 Å². The van der Waals surface area contributed by atoms with Crippen molar-refractivity contribution >= 4 is 17.3 Å². The highest BCUT2D eigenvalue weighted by Crippen LogP contribution is 2.32. The van der Waals surface area contributed by atoms with Gasteiger partial charge in [-0.25, -0.2) is 4.39 Å². The molecule has 0 unspecified atom stereocenters. The summed E-state index contributed by atoms with van der Waals surface area (Å²) in [5.41, 5.74) is 3.23. The third-order valence-electron chi connectivity index (χ3n) is 5.19. The molecule has 142 valence electrons. The van der Waals surface area contributed by atoms with Gasteiger partial charge in [-0.15, -0.1) is 0 Å². The van der Waals surface area contributed by atoms with Gasteiger partial charge in [-0.3, -0.25) is 4.79 Å². The molecule has 0 spiro atoms. The Kier molecular flexibility index (Phi) is 5.38. The molecule has 0 aliphatic carbocycles. The molecule has 3 nitrogen and oxygen atoms in total. The number of carbonyl (C=O) groups excluding carboxylic acids is 1. The van der Waals surface area contributed by atoms with E-state index in [-0.39, 0.29) is 11.7 Å². The van der Waals surface area contributed by atoms with Crippen molar-refractivity contribution in [1.82, 2.24) is 0 Å². The largest absolute Gasteiger partial charge is 0.370 e. The van der Waals surface area contributed by atoms with E-state index in [9.17, 15) is 9.18 Å². The summed E-state index contributed by atoms with van der Waals surface area (Å²) in [5.74, 6) is -0.977. The van der Waals surface area contributed by atoms with Crippen LogP contribution in [0.2, 0.25) is 0 Å². The number of rotatable bonds is 5. The smallest absolute Gasteiger partial charge is 0.236 e. The molecule has 28 heavy (non-hydrogen) atoms. The topological polar surface area (TPSA) is 32.3 Å². The highest BCUT2D eigenvalue weighted by molar-refractivity contribution is 6.00. The fraction of sp³-hybridized carbons (Fsp3) is 0.208. The summed E-state index contributed by atoms with van der Waals surface area (Å²) in [6.07, 6.45) is 2.23. The highest BCUT2D eigenvalue weighted by atomic mass is 19.1. The van der Waals surface area contributed by atoms with Gasteiger partial charge in [-0.1, -0.05) is 60.7 Å². The zero-order valence-electron chi connectivity index (χ0n) is 15.6. The van der Waals surface area contributed by atoms with E-state index >= 15 is 0 Å². The Morgan fingerprint density at radius 3 is 2.00 bits per heavy atom. The fourth-order valence-electron chi connectivity index (χ4n) is 3.83. The van der Waals surface area contributed by atoms with Gasteiger partial charge in [0.1, 0.15) is 5.82 Å². The Hall–Kier alpha value is -3.14. The van der Waals surface area contributed by atoms with E-state index in [1.54, 1.807) is 6.07 Å². The first-order chi connectivity index (χ1) is 13.7. The summed E-state index contributed by atoms with van der Waals surface area (Å²) in [7, 11) is 0. The number of nitrogens with one attached hydrogen (secondary N) is 1. The molecule has 0 atom stereocenters. The molecule has 1 fully saturated rings. The van der Waals surface area contributed by atoms with Crippen LogP contribution < -0.4 is 10.2 Å². The first kappa shape index (κ1) is 18.2. The molecule has 1 saturated heterocycles. The van der Waals surface area contributed by atoms with Crippen molar-refractivity contribution in [1.29, 1.82) is 0 Å². The van der Waals surface area contributed by atoms with Gasteiger partial charge >= 0.3 is 0 Å². The first-order valence-corrected chi connectivity index (χ1v) is 9.67. The fourth-order valence-corrected chi connectivity index (χ4v) is 3.83. The van der Waals surface area contributed by atoms with Crippen LogP contribution in [0.25, 0.3) is 0 Å². The average Bonchev–Trinajstić information content (AvgIpc) is 3.24. The average molecular weight is 374 g/mol. The molecule has 3 aromatic carbocycles. The van der Waals surface area contributed by atoms with Crippen LogP contribution >= 0.6 is 0 Å². The molecule has 0 saturated carbocycles. The number of nitrogens with zero attached hydrogens (tertiary/aromatic N) is 1. The van der Waals surface area contributed by atoms with Crippen LogP contribution in [0.1, 0.15) is 29.9 Å². The molecule has 1 heterocycles. The van der Waals surface area contributed by atoms with Gasteiger partial charge in [-0.05, 0) is 42.2 Å². The second-order valence-corrected chi connectivity index (χ2v) is 7.10. The van der Waals surface area contributed by atoms with Crippen molar-refractivity contribution in [3.8, 4) is 0 Å². The van der Waals surface area contributed by atoms with E-state index in [0.717, 1.165) is 42.7 Å². The van der Waals surface area contributed by atoms with E-state index < -0.39 is 5.92 Å². The lowest BCUT2D eigenvalue weighted by molar-refractivity contribution is -0.116. The van der Waals surface area contributed by atoms with Crippen molar-refractivity contribution < 1.29 is 9.18 Å². The van der Waals surface area contributed by atoms with Gasteiger partial charge in [0.15, 0.2) is 0 Å². The maximum Gasteiger partial charge on any atom is 0.236 e. The second kappa shape index (κ2) is 8.26. The summed E-state index contributed by atoms with van der Waals surface area (Å²) in [6.45, 7) is 1.85. The number of halogens is 1. The lowest BCUT2D eigenvalue weighted by Crippen LogP contribution is -2.25. The van der Waals surface area contributed by atoms with Crippen molar-refractivity contribution in [3.63, 3.8) is 0 Å². The Balaban J connectivity index is 1.68. The van der Waals surface area contributed by atoms with Crippen LogP contribution in [-0.4, -0.2) is 19.0 Å². The second-order valence-electron chi connectivity index (χ2n) is 7.10. The Morgan fingerprint density at radius 2 is 1.43 bits per heavy atom. The number of amides is 1. The zero-order valence-corrected chi connectivity index (χ0v) is 15.6. The SMILES string of the molecule is O=C(Nc1cc(F)ccc1N1CCCC1)C(c1ccccc1)c1ccccc1. The van der Waals surface area contributed by atoms with Crippen molar-refractivity contribution in [2.24, 2.45) is 0 Å². The molecule has 4 rings (SSSR count). The predicted molar refractivity (Wildman–Crippen MR) is 111 cm³/mol. The van der Waals surface area contributed by atoms with Gasteiger partial charge in [0.05, 0.1) is 17.3 Å². The molecule has 4 heteroatoms. The van der Waals surface area contributed by atoms with Gasteiger partial charge in [-0.2, -0.15) is 0 Å². The minimum atomic E-state index is -0.461. The molecular weight excluding hydrogens is 351 g/mol. The third kappa shape index (κ3) is 3.91. The van der Waals surface area contributed by atoms with Crippen LogP contribution in [0, 0.1) is 5.82 Å². The Labute approximate surface area is 164 Å². The number of benzene rings is 3. The zero-order chi connectivity index (χ0) is 19.3. The van der Waals surface area contributed by atoms with Crippen LogP contribution in [-0.2, 0) is 4.79 Å². The third-order valence-corrected chi connectivity index (χ3v) is 5.19. The predicted octanol–water partition coefficient (Wildman–Crippen LogP) is 5.20. The molecule has 1 aliphatic heterocycles. The molecule has 0 aromatic heterocycles. The summed E-state index contributed by atoms with van der Waals surface area (Å²) >= 11 is 0. The van der Waals surface area contributed by atoms with E-state index in [1.165, 1.54) is 12.1 Å². The van der Waals surface area contributed by atoms with E-state index in [2.05, 4.69) is 10.2 Å². The molecule has 0 radical (unpaired) electrons. The standard InChI is InChI=1S/C24H23FN2O/c25-20-13-14-22(27-15-7-8-16-27)21(17-20)26-24(28)23(18-9-3-1-4-10-18)19-11-5-2-6-12-19/h1-6,9-14,17,23H,7-8,15-16H2,(H,26,28). The van der Waals surface area contributed by atoms with Gasteiger partial charge in [0.2, 0.25) is 5.91 Å². The van der Waals surface area contributed by atoms with Crippen molar-refractivity contribution in [3.05, 3.63) is 95.8 Å². The summed E-state index contributed by atoms with van der Waals surface area (Å²) in [6, 6.07) is 24.0. The summed E-state index contributed by atoms with van der Waals surface area (Å²) < 4.78 is 14.0. The lowest BCUT2D eigenvalue weighted by atomic mass is 9.90. The molecule has 0 bridgehead atoms. The van der Waals surface area contributed by atoms with Crippen molar-refractivity contribution in [2.75, 3.05) is 23.3 Å². The van der Waals surface area contributed by atoms with Crippen molar-refractivity contribution in [2.45, 2.75) is 18.8 Å². The molecule has 1 aliphatic rings. The summed E-state index contributed by atoms with van der Waals surface area (Å²) in [5, 5.41) is 3.00. The maximum absolute atomic E-state index is 14.0. The number of hydrogen-bond acceptors (Lipinski definition) is 2. The lowest BCUT2D eigenvalue weighted by Gasteiger charge is -2.23. The quantitative estimate of drug-likeness (QED) is 0.666. The minimum Gasteiger partial charge on any atom is -0.370 e. The molecular formula is C24H23FN2O. The molecule has 1 N–H and O–H groups in total. The number of carbonyl (C=O) groups is 1. The monoisotopic (exact) mass is 374 g/mol. The highest BCUT2D eigenvalue weighted by Gasteiger charge is 2.25. The van der Waals surface area contributed by atoms with E-state index in [0.29, 0.717) is 5.69 Å². The Morgan fingerprint density at radius 1 is 0.857 bits per heavy atom. The normalized spacial score (nSPS) is 13.7.